The Kier molecular flexibility index (Phi) is 3.67. The highest BCUT2D eigenvalue weighted by Gasteiger charge is 2.14. The molecule has 88 valence electrons. The zero-order chi connectivity index (χ0) is 11.4. The molecule has 3 heteroatoms. The second-order valence-corrected chi connectivity index (χ2v) is 4.15. The zero-order valence-corrected chi connectivity index (χ0v) is 9.74. The fourth-order valence-corrected chi connectivity index (χ4v) is 1.88. The smallest absolute Gasteiger partial charge is 0.161 e. The van der Waals surface area contributed by atoms with Crippen molar-refractivity contribution < 1.29 is 9.47 Å². The van der Waals surface area contributed by atoms with Crippen molar-refractivity contribution in [2.45, 2.75) is 32.2 Å². The lowest BCUT2D eigenvalue weighted by molar-refractivity contribution is 0.171. The molecule has 0 spiro atoms. The highest BCUT2D eigenvalue weighted by atomic mass is 16.6. The van der Waals surface area contributed by atoms with Crippen LogP contribution in [0.2, 0.25) is 0 Å². The van der Waals surface area contributed by atoms with Crippen LogP contribution in [0.15, 0.2) is 18.2 Å². The third kappa shape index (κ3) is 2.47. The highest BCUT2D eigenvalue weighted by molar-refractivity contribution is 5.44. The van der Waals surface area contributed by atoms with Gasteiger partial charge in [-0.15, -0.1) is 0 Å². The van der Waals surface area contributed by atoms with Gasteiger partial charge in [-0.3, -0.25) is 0 Å². The Bertz CT molecular complexity index is 352. The van der Waals surface area contributed by atoms with Gasteiger partial charge < -0.3 is 15.2 Å². The van der Waals surface area contributed by atoms with Crippen LogP contribution in [0.4, 0.5) is 0 Å². The SMILES string of the molecule is CCCC[C@H](N)c1ccc2c(c1)OCCO2. The molecule has 1 aromatic carbocycles. The molecule has 0 saturated heterocycles. The molecule has 3 nitrogen and oxygen atoms in total. The van der Waals surface area contributed by atoms with E-state index in [1.807, 2.05) is 18.2 Å². The third-order valence-corrected chi connectivity index (χ3v) is 2.86. The van der Waals surface area contributed by atoms with Gasteiger partial charge in [0.05, 0.1) is 0 Å². The van der Waals surface area contributed by atoms with Crippen LogP contribution in [0.1, 0.15) is 37.8 Å². The average molecular weight is 221 g/mol. The second-order valence-electron chi connectivity index (χ2n) is 4.15. The van der Waals surface area contributed by atoms with Gasteiger partial charge >= 0.3 is 0 Å². The predicted octanol–water partition coefficient (Wildman–Crippen LogP) is 2.65. The van der Waals surface area contributed by atoms with Crippen LogP contribution in [-0.2, 0) is 0 Å². The zero-order valence-electron chi connectivity index (χ0n) is 9.74. The van der Waals surface area contributed by atoms with E-state index in [2.05, 4.69) is 6.92 Å². The van der Waals surface area contributed by atoms with Crippen molar-refractivity contribution in [3.8, 4) is 11.5 Å². The number of hydrogen-bond donors (Lipinski definition) is 1. The van der Waals surface area contributed by atoms with Crippen LogP contribution < -0.4 is 15.2 Å². The van der Waals surface area contributed by atoms with E-state index in [1.54, 1.807) is 0 Å². The molecule has 2 N–H and O–H groups in total. The Labute approximate surface area is 96.5 Å². The summed E-state index contributed by atoms with van der Waals surface area (Å²) in [5.41, 5.74) is 7.25. The third-order valence-electron chi connectivity index (χ3n) is 2.86. The topological polar surface area (TPSA) is 44.5 Å². The summed E-state index contributed by atoms with van der Waals surface area (Å²) in [6.45, 7) is 3.44. The normalized spacial score (nSPS) is 15.9. The van der Waals surface area contributed by atoms with Gasteiger partial charge in [0, 0.05) is 6.04 Å². The fraction of sp³-hybridized carbons (Fsp3) is 0.538. The van der Waals surface area contributed by atoms with Gasteiger partial charge in [0.1, 0.15) is 13.2 Å². The lowest BCUT2D eigenvalue weighted by atomic mass is 10.0. The van der Waals surface area contributed by atoms with Crippen molar-refractivity contribution >= 4 is 0 Å². The molecule has 1 aliphatic rings. The van der Waals surface area contributed by atoms with Crippen LogP contribution in [0.5, 0.6) is 11.5 Å². The molecule has 1 aromatic rings. The number of hydrogen-bond acceptors (Lipinski definition) is 3. The summed E-state index contributed by atoms with van der Waals surface area (Å²) in [6, 6.07) is 6.11. The van der Waals surface area contributed by atoms with Crippen LogP contribution in [0, 0.1) is 0 Å². The molecule has 0 amide bonds. The van der Waals surface area contributed by atoms with Crippen molar-refractivity contribution in [1.82, 2.24) is 0 Å². The Morgan fingerprint density at radius 1 is 1.25 bits per heavy atom. The maximum absolute atomic E-state index is 6.12. The van der Waals surface area contributed by atoms with E-state index in [-0.39, 0.29) is 6.04 Å². The summed E-state index contributed by atoms with van der Waals surface area (Å²) >= 11 is 0. The van der Waals surface area contributed by atoms with Gasteiger partial charge in [0.25, 0.3) is 0 Å². The van der Waals surface area contributed by atoms with E-state index in [0.717, 1.165) is 29.9 Å². The molecule has 0 fully saturated rings. The summed E-state index contributed by atoms with van der Waals surface area (Å²) in [7, 11) is 0. The highest BCUT2D eigenvalue weighted by Crippen LogP contribution is 2.32. The van der Waals surface area contributed by atoms with Gasteiger partial charge in [-0.05, 0) is 24.1 Å². The minimum absolute atomic E-state index is 0.107. The average Bonchev–Trinajstić information content (AvgIpc) is 2.35. The van der Waals surface area contributed by atoms with Crippen LogP contribution >= 0.6 is 0 Å². The monoisotopic (exact) mass is 221 g/mol. The van der Waals surface area contributed by atoms with Crippen LogP contribution in [0.3, 0.4) is 0 Å². The van der Waals surface area contributed by atoms with E-state index in [1.165, 1.54) is 6.42 Å². The standard InChI is InChI=1S/C13H19NO2/c1-2-3-4-11(14)10-5-6-12-13(9-10)16-8-7-15-12/h5-6,9,11H,2-4,7-8,14H2,1H3/t11-/m0/s1. The molecule has 2 rings (SSSR count). The first-order chi connectivity index (χ1) is 7.81. The summed E-state index contributed by atoms with van der Waals surface area (Å²) in [6.07, 6.45) is 3.37. The number of fused-ring (bicyclic) bond motifs is 1. The Balaban J connectivity index is 2.10. The summed E-state index contributed by atoms with van der Waals surface area (Å²) in [4.78, 5) is 0. The van der Waals surface area contributed by atoms with Crippen molar-refractivity contribution in [2.24, 2.45) is 5.73 Å². The number of unbranched alkanes of at least 4 members (excludes halogenated alkanes) is 1. The van der Waals surface area contributed by atoms with E-state index >= 15 is 0 Å². The van der Waals surface area contributed by atoms with Crippen molar-refractivity contribution in [2.75, 3.05) is 13.2 Å². The van der Waals surface area contributed by atoms with Crippen molar-refractivity contribution in [1.29, 1.82) is 0 Å². The molecule has 0 saturated carbocycles. The Morgan fingerprint density at radius 3 is 2.75 bits per heavy atom. The second kappa shape index (κ2) is 5.21. The molecular formula is C13H19NO2. The number of nitrogens with two attached hydrogens (primary N) is 1. The molecule has 1 aliphatic heterocycles. The molecule has 0 radical (unpaired) electrons. The first-order valence-corrected chi connectivity index (χ1v) is 5.96. The predicted molar refractivity (Wildman–Crippen MR) is 63.9 cm³/mol. The Morgan fingerprint density at radius 2 is 2.00 bits per heavy atom. The molecule has 0 aliphatic carbocycles. The molecule has 0 aromatic heterocycles. The quantitative estimate of drug-likeness (QED) is 0.850. The van der Waals surface area contributed by atoms with E-state index in [4.69, 9.17) is 15.2 Å². The Hall–Kier alpha value is -1.22. The van der Waals surface area contributed by atoms with Gasteiger partial charge in [-0.25, -0.2) is 0 Å². The molecule has 0 bridgehead atoms. The maximum Gasteiger partial charge on any atom is 0.161 e. The first kappa shape index (κ1) is 11.3. The van der Waals surface area contributed by atoms with Gasteiger partial charge in [0.2, 0.25) is 0 Å². The van der Waals surface area contributed by atoms with Crippen LogP contribution in [0.25, 0.3) is 0 Å². The first-order valence-electron chi connectivity index (χ1n) is 5.96. The molecular weight excluding hydrogens is 202 g/mol. The largest absolute Gasteiger partial charge is 0.486 e. The van der Waals surface area contributed by atoms with Gasteiger partial charge in [-0.2, -0.15) is 0 Å². The number of ether oxygens (including phenoxy) is 2. The maximum atomic E-state index is 6.12. The van der Waals surface area contributed by atoms with E-state index in [0.29, 0.717) is 13.2 Å². The molecule has 1 atom stereocenters. The minimum atomic E-state index is 0.107. The summed E-state index contributed by atoms with van der Waals surface area (Å²) in [5.74, 6) is 1.66. The van der Waals surface area contributed by atoms with Crippen molar-refractivity contribution in [3.63, 3.8) is 0 Å². The summed E-state index contributed by atoms with van der Waals surface area (Å²) in [5, 5.41) is 0. The van der Waals surface area contributed by atoms with E-state index < -0.39 is 0 Å². The number of rotatable bonds is 4. The van der Waals surface area contributed by atoms with E-state index in [9.17, 15) is 0 Å². The van der Waals surface area contributed by atoms with Gasteiger partial charge in [0.15, 0.2) is 11.5 Å². The number of benzene rings is 1. The summed E-state index contributed by atoms with van der Waals surface area (Å²) < 4.78 is 11.0. The molecule has 16 heavy (non-hydrogen) atoms. The molecule has 0 unspecified atom stereocenters. The lowest BCUT2D eigenvalue weighted by Crippen LogP contribution is -2.16. The van der Waals surface area contributed by atoms with Crippen molar-refractivity contribution in [3.05, 3.63) is 23.8 Å². The van der Waals surface area contributed by atoms with Crippen LogP contribution in [-0.4, -0.2) is 13.2 Å². The molecule has 1 heterocycles. The van der Waals surface area contributed by atoms with Gasteiger partial charge in [-0.1, -0.05) is 25.8 Å². The minimum Gasteiger partial charge on any atom is -0.486 e. The lowest BCUT2D eigenvalue weighted by Gasteiger charge is -2.20. The fourth-order valence-electron chi connectivity index (χ4n) is 1.88.